The highest BCUT2D eigenvalue weighted by Crippen LogP contribution is 2.17. The van der Waals surface area contributed by atoms with Crippen molar-refractivity contribution in [1.82, 2.24) is 10.2 Å². The average Bonchev–Trinajstić information content (AvgIpc) is 2.27. The second-order valence-corrected chi connectivity index (χ2v) is 9.32. The third-order valence-corrected chi connectivity index (χ3v) is 5.43. The molecule has 0 aromatic heterocycles. The minimum atomic E-state index is -3.26. The summed E-state index contributed by atoms with van der Waals surface area (Å²) in [6.45, 7) is 9.23. The molecule has 1 fully saturated rings. The van der Waals surface area contributed by atoms with E-state index < -0.39 is 32.7 Å². The highest BCUT2D eigenvalue weighted by molar-refractivity contribution is 7.91. The molecule has 1 aliphatic heterocycles. The van der Waals surface area contributed by atoms with Crippen molar-refractivity contribution in [3.05, 3.63) is 0 Å². The zero-order valence-corrected chi connectivity index (χ0v) is 14.9. The van der Waals surface area contributed by atoms with E-state index in [1.54, 1.807) is 27.7 Å². The van der Waals surface area contributed by atoms with Gasteiger partial charge >= 0.3 is 6.09 Å². The molecule has 1 rings (SSSR count). The molecular weight excluding hydrogens is 308 g/mol. The first-order valence-corrected chi connectivity index (χ1v) is 9.24. The molecule has 0 aromatic rings. The Balaban J connectivity index is 2.43. The molecule has 1 N–H and O–H groups in total. The first-order chi connectivity index (χ1) is 9.81. The molecule has 0 radical (unpaired) electrons. The van der Waals surface area contributed by atoms with Crippen molar-refractivity contribution >= 4 is 21.8 Å². The molecule has 1 aliphatic rings. The summed E-state index contributed by atoms with van der Waals surface area (Å²) in [6.07, 6.45) is 0.713. The van der Waals surface area contributed by atoms with E-state index in [1.807, 2.05) is 0 Å². The number of amides is 2. The van der Waals surface area contributed by atoms with Gasteiger partial charge in [-0.25, -0.2) is 13.2 Å². The Morgan fingerprint density at radius 3 is 2.14 bits per heavy atom. The quantitative estimate of drug-likeness (QED) is 0.820. The molecule has 2 amide bonds. The van der Waals surface area contributed by atoms with Gasteiger partial charge in [-0.3, -0.25) is 4.79 Å². The molecule has 0 aromatic carbocycles. The maximum Gasteiger partial charge on any atom is 0.410 e. The Bertz CT molecular complexity index is 532. The van der Waals surface area contributed by atoms with Gasteiger partial charge in [0, 0.05) is 19.3 Å². The molecule has 0 bridgehead atoms. The molecule has 0 unspecified atom stereocenters. The monoisotopic (exact) mass is 334 g/mol. The van der Waals surface area contributed by atoms with Crippen molar-refractivity contribution in [3.63, 3.8) is 0 Å². The topological polar surface area (TPSA) is 92.8 Å². The van der Waals surface area contributed by atoms with Crippen molar-refractivity contribution in [2.75, 3.05) is 19.3 Å². The van der Waals surface area contributed by atoms with E-state index in [9.17, 15) is 18.0 Å². The summed E-state index contributed by atoms with van der Waals surface area (Å²) in [5, 5.41) is 2.02. The van der Waals surface area contributed by atoms with E-state index in [2.05, 4.69) is 5.32 Å². The Labute approximate surface area is 132 Å². The van der Waals surface area contributed by atoms with Crippen LogP contribution in [0.15, 0.2) is 0 Å². The highest BCUT2D eigenvalue weighted by atomic mass is 32.2. The first-order valence-electron chi connectivity index (χ1n) is 7.28. The van der Waals surface area contributed by atoms with Crippen LogP contribution in [0, 0.1) is 5.92 Å². The molecule has 2 atom stereocenters. The highest BCUT2D eigenvalue weighted by Gasteiger charge is 2.36. The second kappa shape index (κ2) is 6.44. The van der Waals surface area contributed by atoms with E-state index in [0.717, 1.165) is 6.26 Å². The van der Waals surface area contributed by atoms with Gasteiger partial charge in [0.1, 0.15) is 5.60 Å². The third-order valence-electron chi connectivity index (χ3n) is 3.67. The van der Waals surface area contributed by atoms with Crippen LogP contribution in [0.5, 0.6) is 0 Å². The molecule has 0 aliphatic carbocycles. The molecule has 128 valence electrons. The molecular formula is C14H26N2O5S. The van der Waals surface area contributed by atoms with Gasteiger partial charge in [0.25, 0.3) is 0 Å². The molecule has 1 heterocycles. The SMILES string of the molecule is C[C@@H](C(=O)NC1CN(C(=O)OC(C)(C)C)C1)[C@H](C)S(C)(=O)=O. The number of sulfone groups is 1. The average molecular weight is 334 g/mol. The predicted molar refractivity (Wildman–Crippen MR) is 83.2 cm³/mol. The smallest absolute Gasteiger partial charge is 0.410 e. The number of nitrogens with one attached hydrogen (secondary N) is 1. The van der Waals surface area contributed by atoms with Crippen LogP contribution in [-0.2, 0) is 19.4 Å². The van der Waals surface area contributed by atoms with Crippen LogP contribution in [-0.4, -0.2) is 61.6 Å². The van der Waals surface area contributed by atoms with Gasteiger partial charge in [-0.05, 0) is 27.7 Å². The van der Waals surface area contributed by atoms with Crippen LogP contribution in [0.25, 0.3) is 0 Å². The van der Waals surface area contributed by atoms with Crippen LogP contribution in [0.2, 0.25) is 0 Å². The maximum atomic E-state index is 12.0. The number of hydrogen-bond donors (Lipinski definition) is 1. The summed E-state index contributed by atoms with van der Waals surface area (Å²) in [5.74, 6) is -0.947. The van der Waals surface area contributed by atoms with Gasteiger partial charge in [-0.15, -0.1) is 0 Å². The van der Waals surface area contributed by atoms with Crippen LogP contribution in [0.4, 0.5) is 4.79 Å². The van der Waals surface area contributed by atoms with E-state index in [4.69, 9.17) is 4.74 Å². The fourth-order valence-electron chi connectivity index (χ4n) is 1.96. The van der Waals surface area contributed by atoms with Crippen LogP contribution in [0.1, 0.15) is 34.6 Å². The first kappa shape index (κ1) is 18.7. The standard InChI is InChI=1S/C14H26N2O5S/c1-9(10(2)22(6,19)20)12(17)15-11-7-16(8-11)13(18)21-14(3,4)5/h9-11H,7-8H2,1-6H3,(H,15,17)/t9-,10+/m1/s1. The number of rotatable bonds is 4. The van der Waals surface area contributed by atoms with Gasteiger partial charge in [0.05, 0.1) is 17.2 Å². The molecule has 0 saturated carbocycles. The van der Waals surface area contributed by atoms with Crippen molar-refractivity contribution in [1.29, 1.82) is 0 Å². The van der Waals surface area contributed by atoms with Gasteiger partial charge in [-0.2, -0.15) is 0 Å². The summed E-state index contributed by atoms with van der Waals surface area (Å²) in [6, 6.07) is -0.158. The van der Waals surface area contributed by atoms with E-state index in [-0.39, 0.29) is 11.9 Å². The summed E-state index contributed by atoms with van der Waals surface area (Å²) in [7, 11) is -3.26. The zero-order chi connectivity index (χ0) is 17.3. The number of nitrogens with zero attached hydrogens (tertiary/aromatic N) is 1. The molecule has 8 heteroatoms. The Morgan fingerprint density at radius 2 is 1.73 bits per heavy atom. The lowest BCUT2D eigenvalue weighted by Gasteiger charge is -2.40. The summed E-state index contributed by atoms with van der Waals surface area (Å²) in [4.78, 5) is 25.3. The van der Waals surface area contributed by atoms with Gasteiger partial charge < -0.3 is 15.0 Å². The molecule has 22 heavy (non-hydrogen) atoms. The van der Waals surface area contributed by atoms with Gasteiger partial charge in [0.15, 0.2) is 9.84 Å². The molecule has 0 spiro atoms. The van der Waals surface area contributed by atoms with E-state index in [0.29, 0.717) is 13.1 Å². The summed E-state index contributed by atoms with van der Waals surface area (Å²) in [5.41, 5.74) is -0.551. The fraction of sp³-hybridized carbons (Fsp3) is 0.857. The van der Waals surface area contributed by atoms with Crippen molar-refractivity contribution < 1.29 is 22.7 Å². The van der Waals surface area contributed by atoms with Gasteiger partial charge in [0.2, 0.25) is 5.91 Å². The lowest BCUT2D eigenvalue weighted by atomic mass is 10.1. The fourth-order valence-corrected chi connectivity index (χ4v) is 2.83. The number of carbonyl (C=O) groups is 2. The Morgan fingerprint density at radius 1 is 1.23 bits per heavy atom. The van der Waals surface area contributed by atoms with Crippen molar-refractivity contribution in [2.24, 2.45) is 5.92 Å². The van der Waals surface area contributed by atoms with Gasteiger partial charge in [-0.1, -0.05) is 6.92 Å². The normalized spacial score (nSPS) is 19.1. The predicted octanol–water partition coefficient (Wildman–Crippen LogP) is 0.791. The number of likely N-dealkylation sites (tertiary alicyclic amines) is 1. The minimum absolute atomic E-state index is 0.158. The third kappa shape index (κ3) is 5.15. The molecule has 7 nitrogen and oxygen atoms in total. The maximum absolute atomic E-state index is 12.0. The number of carbonyl (C=O) groups excluding carboxylic acids is 2. The Hall–Kier alpha value is -1.31. The molecule has 1 saturated heterocycles. The van der Waals surface area contributed by atoms with E-state index >= 15 is 0 Å². The van der Waals surface area contributed by atoms with Crippen molar-refractivity contribution in [2.45, 2.75) is 51.5 Å². The van der Waals surface area contributed by atoms with Crippen molar-refractivity contribution in [3.8, 4) is 0 Å². The lowest BCUT2D eigenvalue weighted by molar-refractivity contribution is -0.126. The number of hydrogen-bond acceptors (Lipinski definition) is 5. The Kier molecular flexibility index (Phi) is 5.48. The lowest BCUT2D eigenvalue weighted by Crippen LogP contribution is -2.62. The van der Waals surface area contributed by atoms with Crippen LogP contribution >= 0.6 is 0 Å². The second-order valence-electron chi connectivity index (χ2n) is 6.91. The summed E-state index contributed by atoms with van der Waals surface area (Å²) < 4.78 is 28.2. The summed E-state index contributed by atoms with van der Waals surface area (Å²) >= 11 is 0. The van der Waals surface area contributed by atoms with E-state index in [1.165, 1.54) is 11.8 Å². The zero-order valence-electron chi connectivity index (χ0n) is 14.0. The number of ether oxygens (including phenoxy) is 1. The van der Waals surface area contributed by atoms with Crippen LogP contribution in [0.3, 0.4) is 0 Å². The van der Waals surface area contributed by atoms with Crippen LogP contribution < -0.4 is 5.32 Å². The largest absolute Gasteiger partial charge is 0.444 e. The minimum Gasteiger partial charge on any atom is -0.444 e.